The average Bonchev–Trinajstić information content (AvgIpc) is 2.81. The van der Waals surface area contributed by atoms with Gasteiger partial charge < -0.3 is 31.7 Å². The number of rotatable bonds is 14. The molecule has 0 saturated carbocycles. The van der Waals surface area contributed by atoms with Gasteiger partial charge in [-0.3, -0.25) is 28.8 Å². The molecule has 0 aliphatic carbocycles. The summed E-state index contributed by atoms with van der Waals surface area (Å²) in [5.74, 6) is -4.52. The molecule has 0 aliphatic rings. The van der Waals surface area contributed by atoms with Crippen molar-refractivity contribution in [3.63, 3.8) is 0 Å². The van der Waals surface area contributed by atoms with Gasteiger partial charge in [0.05, 0.1) is 12.2 Å². The minimum atomic E-state index is -1.24. The number of nitrogens with one attached hydrogen (secondary N) is 5. The fourth-order valence-electron chi connectivity index (χ4n) is 3.13. The maximum atomic E-state index is 12.8. The summed E-state index contributed by atoms with van der Waals surface area (Å²) in [5.41, 5.74) is 0.339. The summed E-state index contributed by atoms with van der Waals surface area (Å²) in [4.78, 5) is 72.6. The van der Waals surface area contributed by atoms with Crippen LogP contribution >= 0.6 is 0 Å². The lowest BCUT2D eigenvalue weighted by atomic mass is 10.0. The van der Waals surface area contributed by atoms with Gasteiger partial charge in [0.25, 0.3) is 5.91 Å². The van der Waals surface area contributed by atoms with E-state index in [1.54, 1.807) is 30.3 Å². The fourth-order valence-corrected chi connectivity index (χ4v) is 3.13. The van der Waals surface area contributed by atoms with Crippen LogP contribution in [0.25, 0.3) is 0 Å². The number of carbonyl (C=O) groups is 6. The maximum Gasteiger partial charge on any atom is 0.325 e. The highest BCUT2D eigenvalue weighted by Gasteiger charge is 2.27. The number of hydrogen-bond donors (Lipinski definition) is 6. The number of aliphatic carboxylic acids is 1. The van der Waals surface area contributed by atoms with Crippen molar-refractivity contribution >= 4 is 35.5 Å². The zero-order valence-electron chi connectivity index (χ0n) is 21.4. The molecular weight excluding hydrogens is 482 g/mol. The van der Waals surface area contributed by atoms with Crippen LogP contribution in [-0.4, -0.2) is 65.3 Å². The first-order valence-electron chi connectivity index (χ1n) is 11.7. The van der Waals surface area contributed by atoms with Gasteiger partial charge in [-0.2, -0.15) is 0 Å². The molecule has 0 bridgehead atoms. The van der Waals surface area contributed by atoms with E-state index in [0.717, 1.165) is 0 Å². The highest BCUT2D eigenvalue weighted by atomic mass is 16.4. The zero-order chi connectivity index (χ0) is 28.1. The Morgan fingerprint density at radius 3 is 2.05 bits per heavy atom. The van der Waals surface area contributed by atoms with E-state index >= 15 is 0 Å². The van der Waals surface area contributed by atoms with Crippen LogP contribution < -0.4 is 26.6 Å². The second kappa shape index (κ2) is 15.0. The van der Waals surface area contributed by atoms with E-state index in [9.17, 15) is 28.8 Å². The summed E-state index contributed by atoms with van der Waals surface area (Å²) in [6, 6.07) is 5.40. The van der Waals surface area contributed by atoms with Crippen molar-refractivity contribution in [2.45, 2.75) is 58.7 Å². The molecule has 1 aromatic carbocycles. The van der Waals surface area contributed by atoms with Crippen molar-refractivity contribution in [1.82, 2.24) is 26.6 Å². The van der Waals surface area contributed by atoms with Crippen LogP contribution in [-0.2, 0) is 35.2 Å². The van der Waals surface area contributed by atoms with E-state index in [0.29, 0.717) is 5.56 Å². The average molecular weight is 518 g/mol. The minimum absolute atomic E-state index is 0.00841. The first-order valence-corrected chi connectivity index (χ1v) is 11.7. The van der Waals surface area contributed by atoms with Crippen LogP contribution in [0.15, 0.2) is 42.6 Å². The number of amides is 5. The molecule has 5 amide bonds. The molecule has 1 rings (SSSR count). The third kappa shape index (κ3) is 11.8. The number of carboxylic acids is 1. The standard InChI is InChI=1S/C25H35N5O7/c1-14(2)11-19(29-21(32)13-26-17(5)31)23(34)27-15(3)22(33)30-20(12-18-9-7-6-8-10-18)24(35)28-16(4)25(36)37/h6-10,14,16,19-20H,3,11-13H2,1-2,4-5H3,(H,26,31)(H,27,34)(H,28,35)(H,29,32)(H,30,33)(H,36,37)/t16-,19-,20-/m0/s1. The third-order valence-corrected chi connectivity index (χ3v) is 5.04. The molecule has 0 fully saturated rings. The molecule has 12 heteroatoms. The van der Waals surface area contributed by atoms with Gasteiger partial charge in [-0.25, -0.2) is 0 Å². The van der Waals surface area contributed by atoms with Gasteiger partial charge in [-0.1, -0.05) is 50.8 Å². The van der Waals surface area contributed by atoms with Crippen molar-refractivity contribution in [1.29, 1.82) is 0 Å². The Morgan fingerprint density at radius 1 is 0.892 bits per heavy atom. The van der Waals surface area contributed by atoms with E-state index in [1.807, 2.05) is 13.8 Å². The van der Waals surface area contributed by atoms with Gasteiger partial charge in [0.1, 0.15) is 18.1 Å². The predicted molar refractivity (Wildman–Crippen MR) is 135 cm³/mol. The van der Waals surface area contributed by atoms with Crippen molar-refractivity contribution in [2.24, 2.45) is 5.92 Å². The molecule has 1 aromatic rings. The summed E-state index contributed by atoms with van der Waals surface area (Å²) < 4.78 is 0. The van der Waals surface area contributed by atoms with E-state index in [2.05, 4.69) is 33.2 Å². The molecule has 0 heterocycles. The van der Waals surface area contributed by atoms with Crippen LogP contribution in [0.1, 0.15) is 39.7 Å². The summed E-state index contributed by atoms with van der Waals surface area (Å²) in [6.07, 6.45) is 0.305. The van der Waals surface area contributed by atoms with E-state index in [4.69, 9.17) is 5.11 Å². The number of carbonyl (C=O) groups excluding carboxylic acids is 5. The van der Waals surface area contributed by atoms with E-state index in [-0.39, 0.29) is 31.0 Å². The van der Waals surface area contributed by atoms with Crippen LogP contribution in [0.5, 0.6) is 0 Å². The Kier molecular flexibility index (Phi) is 12.5. The molecule has 0 spiro atoms. The molecule has 0 aliphatic heterocycles. The smallest absolute Gasteiger partial charge is 0.325 e. The highest BCUT2D eigenvalue weighted by Crippen LogP contribution is 2.07. The second-order valence-electron chi connectivity index (χ2n) is 8.91. The van der Waals surface area contributed by atoms with Gasteiger partial charge in [0.2, 0.25) is 23.6 Å². The summed E-state index contributed by atoms with van der Waals surface area (Å²) >= 11 is 0. The molecule has 37 heavy (non-hydrogen) atoms. The van der Waals surface area contributed by atoms with Crippen molar-refractivity contribution in [3.05, 3.63) is 48.2 Å². The number of carboxylic acid groups (broad SMARTS) is 1. The first-order chi connectivity index (χ1) is 17.3. The Hall–Kier alpha value is -4.22. The summed E-state index contributed by atoms with van der Waals surface area (Å²) in [5, 5.41) is 21.1. The van der Waals surface area contributed by atoms with Crippen LogP contribution in [0, 0.1) is 5.92 Å². The summed E-state index contributed by atoms with van der Waals surface area (Å²) in [6.45, 7) is 9.47. The molecule has 6 N–H and O–H groups in total. The second-order valence-corrected chi connectivity index (χ2v) is 8.91. The van der Waals surface area contributed by atoms with E-state index < -0.39 is 53.6 Å². The van der Waals surface area contributed by atoms with Gasteiger partial charge in [0, 0.05) is 13.3 Å². The Bertz CT molecular complexity index is 1010. The topological polar surface area (TPSA) is 183 Å². The van der Waals surface area contributed by atoms with Crippen molar-refractivity contribution in [2.75, 3.05) is 6.54 Å². The zero-order valence-corrected chi connectivity index (χ0v) is 21.4. The molecule has 0 aromatic heterocycles. The molecule has 0 radical (unpaired) electrons. The molecule has 0 unspecified atom stereocenters. The molecular formula is C25H35N5O7. The first kappa shape index (κ1) is 30.8. The van der Waals surface area contributed by atoms with Gasteiger partial charge in [0.15, 0.2) is 0 Å². The molecule has 0 saturated heterocycles. The maximum absolute atomic E-state index is 12.8. The lowest BCUT2D eigenvalue weighted by Gasteiger charge is -2.23. The largest absolute Gasteiger partial charge is 0.480 e. The van der Waals surface area contributed by atoms with Gasteiger partial charge in [-0.05, 0) is 24.8 Å². The molecule has 12 nitrogen and oxygen atoms in total. The van der Waals surface area contributed by atoms with Gasteiger partial charge >= 0.3 is 5.97 Å². The predicted octanol–water partition coefficient (Wildman–Crippen LogP) is -0.400. The lowest BCUT2D eigenvalue weighted by Crippen LogP contribution is -2.54. The van der Waals surface area contributed by atoms with Crippen molar-refractivity contribution in [3.8, 4) is 0 Å². The normalized spacial score (nSPS) is 12.9. The third-order valence-electron chi connectivity index (χ3n) is 5.04. The van der Waals surface area contributed by atoms with Crippen LogP contribution in [0.2, 0.25) is 0 Å². The lowest BCUT2D eigenvalue weighted by molar-refractivity contribution is -0.141. The van der Waals surface area contributed by atoms with Crippen molar-refractivity contribution < 1.29 is 33.9 Å². The fraction of sp³-hybridized carbons (Fsp3) is 0.440. The Labute approximate surface area is 215 Å². The quantitative estimate of drug-likeness (QED) is 0.181. The Morgan fingerprint density at radius 2 is 1.51 bits per heavy atom. The monoisotopic (exact) mass is 517 g/mol. The molecule has 3 atom stereocenters. The minimum Gasteiger partial charge on any atom is -0.480 e. The highest BCUT2D eigenvalue weighted by molar-refractivity contribution is 6.01. The van der Waals surface area contributed by atoms with Crippen LogP contribution in [0.3, 0.4) is 0 Å². The van der Waals surface area contributed by atoms with E-state index in [1.165, 1.54) is 13.8 Å². The number of hydrogen-bond acceptors (Lipinski definition) is 6. The van der Waals surface area contributed by atoms with Crippen LogP contribution in [0.4, 0.5) is 0 Å². The SMILES string of the molecule is C=C(NC(=O)[C@H](CC(C)C)NC(=O)CNC(C)=O)C(=O)N[C@@H](Cc1ccccc1)C(=O)N[C@@H](C)C(=O)O. The summed E-state index contributed by atoms with van der Waals surface area (Å²) in [7, 11) is 0. The number of benzene rings is 1. The molecule has 202 valence electrons. The van der Waals surface area contributed by atoms with Gasteiger partial charge in [-0.15, -0.1) is 0 Å². The Balaban J connectivity index is 2.91.